The van der Waals surface area contributed by atoms with Crippen LogP contribution in [0.1, 0.15) is 27.2 Å². The molecular weight excluding hydrogens is 352 g/mol. The molecule has 1 aromatic rings. The monoisotopic (exact) mass is 375 g/mol. The summed E-state index contributed by atoms with van der Waals surface area (Å²) in [6, 6.07) is 4.06. The molecule has 0 saturated carbocycles. The summed E-state index contributed by atoms with van der Waals surface area (Å²) in [6.07, 6.45) is 0.579. The van der Waals surface area contributed by atoms with E-state index in [0.717, 1.165) is 0 Å². The molecular formula is C18H23N4O5-. The summed E-state index contributed by atoms with van der Waals surface area (Å²) < 4.78 is 0. The van der Waals surface area contributed by atoms with Gasteiger partial charge in [-0.2, -0.15) is 0 Å². The number of carbonyl (C=O) groups is 4. The number of urea groups is 1. The number of fused-ring (bicyclic) bond motifs is 1. The first-order valence-corrected chi connectivity index (χ1v) is 8.72. The van der Waals surface area contributed by atoms with E-state index in [9.17, 15) is 24.3 Å². The molecule has 2 rings (SSSR count). The maximum Gasteiger partial charge on any atom is 0.323 e. The van der Waals surface area contributed by atoms with Gasteiger partial charge in [-0.05, 0) is 25.0 Å². The van der Waals surface area contributed by atoms with Crippen molar-refractivity contribution in [2.45, 2.75) is 39.3 Å². The molecule has 1 aliphatic rings. The van der Waals surface area contributed by atoms with Crippen LogP contribution < -0.4 is 26.0 Å². The molecule has 1 aromatic carbocycles. The SMILES string of the molecule is CC[C@H](C)[C@H](NC(=O)N1CC(=O)Nc2ccccc21)C(=O)N[C@H](C)C(=O)[O-]. The largest absolute Gasteiger partial charge is 0.548 e. The second-order valence-electron chi connectivity index (χ2n) is 6.51. The minimum atomic E-state index is -1.42. The number of carboxylic acids is 1. The average Bonchev–Trinajstić information content (AvgIpc) is 2.64. The zero-order valence-electron chi connectivity index (χ0n) is 15.4. The molecule has 9 nitrogen and oxygen atoms in total. The summed E-state index contributed by atoms with van der Waals surface area (Å²) in [5, 5.41) is 18.5. The van der Waals surface area contributed by atoms with Gasteiger partial charge in [-0.1, -0.05) is 32.4 Å². The minimum absolute atomic E-state index is 0.187. The van der Waals surface area contributed by atoms with Crippen molar-refractivity contribution >= 4 is 35.2 Å². The molecule has 0 aliphatic carbocycles. The van der Waals surface area contributed by atoms with Crippen LogP contribution in [0.3, 0.4) is 0 Å². The van der Waals surface area contributed by atoms with Gasteiger partial charge in [0.05, 0.1) is 23.4 Å². The Morgan fingerprint density at radius 2 is 1.89 bits per heavy atom. The van der Waals surface area contributed by atoms with E-state index in [0.29, 0.717) is 17.8 Å². The molecule has 0 radical (unpaired) electrons. The van der Waals surface area contributed by atoms with Crippen LogP contribution in [0.15, 0.2) is 24.3 Å². The first-order valence-electron chi connectivity index (χ1n) is 8.72. The van der Waals surface area contributed by atoms with Gasteiger partial charge in [-0.25, -0.2) is 4.79 Å². The molecule has 0 aromatic heterocycles. The number of amides is 4. The highest BCUT2D eigenvalue weighted by Gasteiger charge is 2.32. The summed E-state index contributed by atoms with van der Waals surface area (Å²) in [5.74, 6) is -2.64. The minimum Gasteiger partial charge on any atom is -0.548 e. The first-order chi connectivity index (χ1) is 12.7. The highest BCUT2D eigenvalue weighted by Crippen LogP contribution is 2.29. The van der Waals surface area contributed by atoms with Crippen molar-refractivity contribution in [2.24, 2.45) is 5.92 Å². The third-order valence-electron chi connectivity index (χ3n) is 4.50. The molecule has 3 N–H and O–H groups in total. The lowest BCUT2D eigenvalue weighted by Gasteiger charge is -2.32. The van der Waals surface area contributed by atoms with Gasteiger partial charge in [-0.15, -0.1) is 0 Å². The lowest BCUT2D eigenvalue weighted by atomic mass is 9.98. The van der Waals surface area contributed by atoms with Crippen molar-refractivity contribution in [1.29, 1.82) is 0 Å². The number of benzene rings is 1. The normalized spacial score (nSPS) is 16.4. The molecule has 1 heterocycles. The highest BCUT2D eigenvalue weighted by atomic mass is 16.4. The second-order valence-corrected chi connectivity index (χ2v) is 6.51. The number of nitrogens with zero attached hydrogens (tertiary/aromatic N) is 1. The highest BCUT2D eigenvalue weighted by molar-refractivity contribution is 6.10. The van der Waals surface area contributed by atoms with Gasteiger partial charge in [0.2, 0.25) is 11.8 Å². The molecule has 1 aliphatic heterocycles. The Kier molecular flexibility index (Phi) is 6.38. The maximum atomic E-state index is 12.8. The number of carbonyl (C=O) groups excluding carboxylic acids is 4. The number of hydrogen-bond acceptors (Lipinski definition) is 5. The molecule has 9 heteroatoms. The van der Waals surface area contributed by atoms with Crippen LogP contribution >= 0.6 is 0 Å². The zero-order chi connectivity index (χ0) is 20.1. The van der Waals surface area contributed by atoms with E-state index in [-0.39, 0.29) is 18.4 Å². The summed E-state index contributed by atoms with van der Waals surface area (Å²) in [7, 11) is 0. The van der Waals surface area contributed by atoms with Gasteiger partial charge >= 0.3 is 6.03 Å². The van der Waals surface area contributed by atoms with E-state index in [1.807, 2.05) is 6.92 Å². The van der Waals surface area contributed by atoms with Crippen LogP contribution in [0.5, 0.6) is 0 Å². The Labute approximate surface area is 157 Å². The van der Waals surface area contributed by atoms with E-state index in [1.54, 1.807) is 31.2 Å². The van der Waals surface area contributed by atoms with Crippen molar-refractivity contribution in [2.75, 3.05) is 16.8 Å². The van der Waals surface area contributed by atoms with Gasteiger partial charge in [0.25, 0.3) is 0 Å². The molecule has 146 valence electrons. The maximum absolute atomic E-state index is 12.8. The Morgan fingerprint density at radius 1 is 1.22 bits per heavy atom. The topological polar surface area (TPSA) is 131 Å². The number of carboxylic acid groups (broad SMARTS) is 1. The second kappa shape index (κ2) is 8.52. The Hall–Kier alpha value is -3.10. The van der Waals surface area contributed by atoms with Crippen molar-refractivity contribution in [3.63, 3.8) is 0 Å². The molecule has 4 amide bonds. The molecule has 0 bridgehead atoms. The van der Waals surface area contributed by atoms with Gasteiger partial charge in [0, 0.05) is 0 Å². The van der Waals surface area contributed by atoms with Gasteiger partial charge in [-0.3, -0.25) is 14.5 Å². The molecule has 0 fully saturated rings. The molecule has 0 spiro atoms. The Bertz CT molecular complexity index is 751. The van der Waals surface area contributed by atoms with E-state index in [2.05, 4.69) is 16.0 Å². The number of rotatable bonds is 6. The van der Waals surface area contributed by atoms with Crippen molar-refractivity contribution in [3.8, 4) is 0 Å². The van der Waals surface area contributed by atoms with Gasteiger partial charge < -0.3 is 25.9 Å². The van der Waals surface area contributed by atoms with E-state index < -0.39 is 30.0 Å². The van der Waals surface area contributed by atoms with Crippen LogP contribution in [0.2, 0.25) is 0 Å². The summed E-state index contributed by atoms with van der Waals surface area (Å²) >= 11 is 0. The third kappa shape index (κ3) is 4.75. The fourth-order valence-electron chi connectivity index (χ4n) is 2.69. The molecule has 0 unspecified atom stereocenters. The predicted octanol–water partition coefficient (Wildman–Crippen LogP) is -0.176. The van der Waals surface area contributed by atoms with Crippen LogP contribution in [-0.4, -0.2) is 42.4 Å². The first kappa shape index (κ1) is 20.2. The fraction of sp³-hybridized carbons (Fsp3) is 0.444. The van der Waals surface area contributed by atoms with Crippen molar-refractivity contribution in [1.82, 2.24) is 10.6 Å². The smallest absolute Gasteiger partial charge is 0.323 e. The number of nitrogens with one attached hydrogen (secondary N) is 3. The average molecular weight is 375 g/mol. The lowest BCUT2D eigenvalue weighted by Crippen LogP contribution is -2.58. The van der Waals surface area contributed by atoms with E-state index in [1.165, 1.54) is 11.8 Å². The standard InChI is InChI=1S/C18H24N4O5/c1-4-10(2)15(16(24)19-11(3)17(25)26)21-18(27)22-9-14(23)20-12-7-5-6-8-13(12)22/h5-8,10-11,15H,4,9H2,1-3H3,(H,19,24)(H,20,23)(H,21,27)(H,25,26)/p-1/t10-,11+,15-/m0/s1. The summed E-state index contributed by atoms with van der Waals surface area (Å²) in [4.78, 5) is 49.3. The quantitative estimate of drug-likeness (QED) is 0.635. The summed E-state index contributed by atoms with van der Waals surface area (Å²) in [6.45, 7) is 4.72. The molecule has 0 saturated heterocycles. The molecule has 3 atom stereocenters. The van der Waals surface area contributed by atoms with Crippen LogP contribution in [0.4, 0.5) is 16.2 Å². The van der Waals surface area contributed by atoms with Crippen molar-refractivity contribution < 1.29 is 24.3 Å². The zero-order valence-corrected chi connectivity index (χ0v) is 15.4. The molecule has 27 heavy (non-hydrogen) atoms. The fourth-order valence-corrected chi connectivity index (χ4v) is 2.69. The Morgan fingerprint density at radius 3 is 2.52 bits per heavy atom. The predicted molar refractivity (Wildman–Crippen MR) is 96.8 cm³/mol. The van der Waals surface area contributed by atoms with Crippen LogP contribution in [0.25, 0.3) is 0 Å². The van der Waals surface area contributed by atoms with Crippen LogP contribution in [0, 0.1) is 5.92 Å². The number of aliphatic carboxylic acids is 1. The third-order valence-corrected chi connectivity index (χ3v) is 4.50. The number of para-hydroxylation sites is 2. The lowest BCUT2D eigenvalue weighted by molar-refractivity contribution is -0.307. The van der Waals surface area contributed by atoms with E-state index >= 15 is 0 Å². The van der Waals surface area contributed by atoms with Crippen LogP contribution in [-0.2, 0) is 14.4 Å². The van der Waals surface area contributed by atoms with Crippen molar-refractivity contribution in [3.05, 3.63) is 24.3 Å². The number of anilines is 2. The number of hydrogen-bond donors (Lipinski definition) is 3. The van der Waals surface area contributed by atoms with Gasteiger partial charge in [0.1, 0.15) is 12.6 Å². The Balaban J connectivity index is 2.20. The van der Waals surface area contributed by atoms with E-state index in [4.69, 9.17) is 0 Å². The van der Waals surface area contributed by atoms with Gasteiger partial charge in [0.15, 0.2) is 0 Å². The summed E-state index contributed by atoms with van der Waals surface area (Å²) in [5.41, 5.74) is 1.01.